The van der Waals surface area contributed by atoms with E-state index in [-0.39, 0.29) is 12.5 Å². The maximum absolute atomic E-state index is 11.6. The minimum atomic E-state index is 0.0973. The van der Waals surface area contributed by atoms with Crippen LogP contribution in [-0.4, -0.2) is 42.7 Å². The molecule has 0 aliphatic carbocycles. The highest BCUT2D eigenvalue weighted by Crippen LogP contribution is 2.08. The molecule has 0 spiro atoms. The molecule has 0 bridgehead atoms. The minimum absolute atomic E-state index is 0.0973. The predicted octanol–water partition coefficient (Wildman–Crippen LogP) is 1.69. The number of rotatable bonds is 8. The van der Waals surface area contributed by atoms with Gasteiger partial charge in [-0.25, -0.2) is 0 Å². The van der Waals surface area contributed by atoms with Crippen LogP contribution in [0.25, 0.3) is 0 Å². The third kappa shape index (κ3) is 5.68. The van der Waals surface area contributed by atoms with Gasteiger partial charge < -0.3 is 14.7 Å². The van der Waals surface area contributed by atoms with Gasteiger partial charge in [-0.3, -0.25) is 4.79 Å². The summed E-state index contributed by atoms with van der Waals surface area (Å²) < 4.78 is 5.52. The van der Waals surface area contributed by atoms with Crippen LogP contribution in [0.3, 0.4) is 0 Å². The van der Waals surface area contributed by atoms with Crippen molar-refractivity contribution in [3.8, 4) is 5.75 Å². The third-order valence-corrected chi connectivity index (χ3v) is 2.66. The van der Waals surface area contributed by atoms with Crippen molar-refractivity contribution in [3.63, 3.8) is 0 Å². The molecule has 0 fully saturated rings. The highest BCUT2D eigenvalue weighted by molar-refractivity contribution is 5.75. The van der Waals surface area contributed by atoms with Gasteiger partial charge in [-0.15, -0.1) is 0 Å². The minimum Gasteiger partial charge on any atom is -0.492 e. The molecule has 4 heteroatoms. The summed E-state index contributed by atoms with van der Waals surface area (Å²) in [6.45, 7) is 1.22. The zero-order valence-electron chi connectivity index (χ0n) is 10.8. The van der Waals surface area contributed by atoms with Gasteiger partial charge in [0, 0.05) is 20.1 Å². The molecule has 0 aliphatic heterocycles. The van der Waals surface area contributed by atoms with Gasteiger partial charge in [0.15, 0.2) is 0 Å². The fourth-order valence-electron chi connectivity index (χ4n) is 1.52. The molecule has 0 aliphatic rings. The van der Waals surface area contributed by atoms with Gasteiger partial charge in [-0.05, 0) is 25.0 Å². The first-order valence-corrected chi connectivity index (χ1v) is 6.26. The Bertz CT molecular complexity index is 340. The summed E-state index contributed by atoms with van der Waals surface area (Å²) in [4.78, 5) is 13.3. The molecular formula is C14H21NO3. The van der Waals surface area contributed by atoms with E-state index in [4.69, 9.17) is 9.84 Å². The van der Waals surface area contributed by atoms with Crippen LogP contribution in [0.4, 0.5) is 0 Å². The van der Waals surface area contributed by atoms with Gasteiger partial charge in [0.05, 0.1) is 6.54 Å². The first kappa shape index (κ1) is 14.5. The SMILES string of the molecule is CN(CCOc1ccccc1)C(=O)CCCCO. The second kappa shape index (κ2) is 8.53. The number of carbonyl (C=O) groups excluding carboxylic acids is 1. The largest absolute Gasteiger partial charge is 0.492 e. The number of hydrogen-bond acceptors (Lipinski definition) is 3. The maximum atomic E-state index is 11.6. The Morgan fingerprint density at radius 2 is 2.00 bits per heavy atom. The number of nitrogens with zero attached hydrogens (tertiary/aromatic N) is 1. The standard InChI is InChI=1S/C14H21NO3/c1-15(14(17)9-5-6-11-16)10-12-18-13-7-3-2-4-8-13/h2-4,7-8,16H,5-6,9-12H2,1H3. The lowest BCUT2D eigenvalue weighted by atomic mass is 10.2. The van der Waals surface area contributed by atoms with Gasteiger partial charge in [0.1, 0.15) is 12.4 Å². The Balaban J connectivity index is 2.16. The number of benzene rings is 1. The lowest BCUT2D eigenvalue weighted by molar-refractivity contribution is -0.130. The zero-order chi connectivity index (χ0) is 13.2. The maximum Gasteiger partial charge on any atom is 0.222 e. The van der Waals surface area contributed by atoms with E-state index in [1.165, 1.54) is 0 Å². The first-order chi connectivity index (χ1) is 8.74. The summed E-state index contributed by atoms with van der Waals surface area (Å²) in [5.74, 6) is 0.916. The number of likely N-dealkylation sites (N-methyl/N-ethyl adjacent to an activating group) is 1. The monoisotopic (exact) mass is 251 g/mol. The van der Waals surface area contributed by atoms with Crippen LogP contribution < -0.4 is 4.74 Å². The summed E-state index contributed by atoms with van der Waals surface area (Å²) in [6.07, 6.45) is 1.90. The second-order valence-corrected chi connectivity index (χ2v) is 4.16. The highest BCUT2D eigenvalue weighted by atomic mass is 16.5. The van der Waals surface area contributed by atoms with Crippen molar-refractivity contribution < 1.29 is 14.6 Å². The third-order valence-electron chi connectivity index (χ3n) is 2.66. The van der Waals surface area contributed by atoms with Crippen molar-refractivity contribution >= 4 is 5.91 Å². The molecule has 0 heterocycles. The first-order valence-electron chi connectivity index (χ1n) is 6.26. The van der Waals surface area contributed by atoms with Crippen molar-refractivity contribution in [2.75, 3.05) is 26.8 Å². The topological polar surface area (TPSA) is 49.8 Å². The highest BCUT2D eigenvalue weighted by Gasteiger charge is 2.07. The smallest absolute Gasteiger partial charge is 0.222 e. The zero-order valence-corrected chi connectivity index (χ0v) is 10.8. The number of aliphatic hydroxyl groups excluding tert-OH is 1. The lowest BCUT2D eigenvalue weighted by Crippen LogP contribution is -2.30. The number of ether oxygens (including phenoxy) is 1. The number of amides is 1. The van der Waals surface area contributed by atoms with Crippen LogP contribution in [0.5, 0.6) is 5.75 Å². The molecule has 0 radical (unpaired) electrons. The van der Waals surface area contributed by atoms with Gasteiger partial charge in [0.25, 0.3) is 0 Å². The van der Waals surface area contributed by atoms with Crippen molar-refractivity contribution in [1.82, 2.24) is 4.90 Å². The number of para-hydroxylation sites is 1. The number of aliphatic hydroxyl groups is 1. The number of unbranched alkanes of at least 4 members (excludes halogenated alkanes) is 1. The van der Waals surface area contributed by atoms with Crippen LogP contribution in [0.2, 0.25) is 0 Å². The molecule has 1 rings (SSSR count). The lowest BCUT2D eigenvalue weighted by Gasteiger charge is -2.17. The van der Waals surface area contributed by atoms with Crippen LogP contribution >= 0.6 is 0 Å². The van der Waals surface area contributed by atoms with E-state index >= 15 is 0 Å². The van der Waals surface area contributed by atoms with E-state index in [1.807, 2.05) is 30.3 Å². The van der Waals surface area contributed by atoms with Crippen LogP contribution in [0.1, 0.15) is 19.3 Å². The average Bonchev–Trinajstić information content (AvgIpc) is 2.40. The Hall–Kier alpha value is -1.55. The molecule has 0 saturated heterocycles. The molecule has 0 aromatic heterocycles. The average molecular weight is 251 g/mol. The van der Waals surface area contributed by atoms with Crippen LogP contribution in [-0.2, 0) is 4.79 Å². The molecule has 0 atom stereocenters. The Kier molecular flexibility index (Phi) is 6.87. The second-order valence-electron chi connectivity index (χ2n) is 4.16. The Morgan fingerprint density at radius 3 is 2.67 bits per heavy atom. The normalized spacial score (nSPS) is 10.1. The quantitative estimate of drug-likeness (QED) is 0.715. The molecule has 1 aromatic carbocycles. The fraction of sp³-hybridized carbons (Fsp3) is 0.500. The molecule has 1 aromatic rings. The van der Waals surface area contributed by atoms with Crippen molar-refractivity contribution in [2.45, 2.75) is 19.3 Å². The van der Waals surface area contributed by atoms with E-state index in [1.54, 1.807) is 11.9 Å². The molecular weight excluding hydrogens is 230 g/mol. The predicted molar refractivity (Wildman–Crippen MR) is 70.5 cm³/mol. The molecule has 100 valence electrons. The summed E-state index contributed by atoms with van der Waals surface area (Å²) >= 11 is 0. The Labute approximate surface area is 108 Å². The van der Waals surface area contributed by atoms with E-state index in [0.717, 1.165) is 12.2 Å². The molecule has 1 N–H and O–H groups in total. The molecule has 18 heavy (non-hydrogen) atoms. The van der Waals surface area contributed by atoms with E-state index in [0.29, 0.717) is 26.0 Å². The molecule has 4 nitrogen and oxygen atoms in total. The van der Waals surface area contributed by atoms with E-state index in [2.05, 4.69) is 0 Å². The summed E-state index contributed by atoms with van der Waals surface area (Å²) in [5, 5.41) is 8.64. The summed E-state index contributed by atoms with van der Waals surface area (Å²) in [7, 11) is 1.77. The van der Waals surface area contributed by atoms with Gasteiger partial charge in [-0.1, -0.05) is 18.2 Å². The number of hydrogen-bond donors (Lipinski definition) is 1. The molecule has 0 saturated carbocycles. The van der Waals surface area contributed by atoms with Crippen molar-refractivity contribution in [2.24, 2.45) is 0 Å². The van der Waals surface area contributed by atoms with Crippen LogP contribution in [0, 0.1) is 0 Å². The fourth-order valence-corrected chi connectivity index (χ4v) is 1.52. The van der Waals surface area contributed by atoms with Crippen molar-refractivity contribution in [3.05, 3.63) is 30.3 Å². The van der Waals surface area contributed by atoms with Gasteiger partial charge in [-0.2, -0.15) is 0 Å². The molecule has 1 amide bonds. The Morgan fingerprint density at radius 1 is 1.28 bits per heavy atom. The van der Waals surface area contributed by atoms with E-state index in [9.17, 15) is 4.79 Å². The van der Waals surface area contributed by atoms with Gasteiger partial charge in [0.2, 0.25) is 5.91 Å². The number of carbonyl (C=O) groups is 1. The molecule has 0 unspecified atom stereocenters. The van der Waals surface area contributed by atoms with E-state index < -0.39 is 0 Å². The van der Waals surface area contributed by atoms with Crippen molar-refractivity contribution in [1.29, 1.82) is 0 Å². The van der Waals surface area contributed by atoms with Crippen LogP contribution in [0.15, 0.2) is 30.3 Å². The summed E-state index contributed by atoms with van der Waals surface area (Å²) in [6, 6.07) is 9.55. The van der Waals surface area contributed by atoms with Gasteiger partial charge >= 0.3 is 0 Å². The summed E-state index contributed by atoms with van der Waals surface area (Å²) in [5.41, 5.74) is 0.